The Bertz CT molecular complexity index is 658. The van der Waals surface area contributed by atoms with Crippen molar-refractivity contribution in [1.82, 2.24) is 0 Å². The largest absolute Gasteiger partial charge is 0.466 e. The number of hydrogen-bond acceptors (Lipinski definition) is 4. The quantitative estimate of drug-likeness (QED) is 0.0506. The van der Waals surface area contributed by atoms with Crippen LogP contribution in [0, 0.1) is 23.7 Å². The van der Waals surface area contributed by atoms with Crippen molar-refractivity contribution < 1.29 is 19.1 Å². The Morgan fingerprint density at radius 1 is 0.435 bits per heavy atom. The Hall–Kier alpha value is -1.06. The molecule has 0 aromatic rings. The van der Waals surface area contributed by atoms with E-state index in [1.54, 1.807) is 0 Å². The van der Waals surface area contributed by atoms with E-state index in [1.807, 2.05) is 0 Å². The van der Waals surface area contributed by atoms with E-state index in [0.29, 0.717) is 37.4 Å². The molecule has 0 heterocycles. The fourth-order valence-electron chi connectivity index (χ4n) is 6.93. The van der Waals surface area contributed by atoms with Crippen LogP contribution in [0.25, 0.3) is 0 Å². The van der Waals surface area contributed by atoms with E-state index in [4.69, 9.17) is 9.47 Å². The topological polar surface area (TPSA) is 52.6 Å². The molecule has 0 saturated heterocycles. The summed E-state index contributed by atoms with van der Waals surface area (Å²) < 4.78 is 11.2. The lowest BCUT2D eigenvalue weighted by Gasteiger charge is -2.31. The fraction of sp³-hybridized carbons (Fsp3) is 0.952. The summed E-state index contributed by atoms with van der Waals surface area (Å²) in [5, 5.41) is 0. The Morgan fingerprint density at radius 2 is 0.804 bits per heavy atom. The summed E-state index contributed by atoms with van der Waals surface area (Å²) in [6, 6.07) is 0. The molecule has 274 valence electrons. The summed E-state index contributed by atoms with van der Waals surface area (Å²) in [5.41, 5.74) is 0. The van der Waals surface area contributed by atoms with Crippen molar-refractivity contribution in [2.45, 2.75) is 221 Å². The summed E-state index contributed by atoms with van der Waals surface area (Å²) in [5.74, 6) is 1.36. The van der Waals surface area contributed by atoms with Crippen molar-refractivity contribution in [2.75, 3.05) is 13.2 Å². The number of hydrogen-bond donors (Lipinski definition) is 0. The molecule has 0 radical (unpaired) electrons. The van der Waals surface area contributed by atoms with Gasteiger partial charge in [0.05, 0.1) is 19.1 Å². The van der Waals surface area contributed by atoms with Crippen LogP contribution in [0.15, 0.2) is 0 Å². The highest BCUT2D eigenvalue weighted by atomic mass is 16.5. The van der Waals surface area contributed by atoms with Crippen LogP contribution < -0.4 is 0 Å². The van der Waals surface area contributed by atoms with Crippen LogP contribution >= 0.6 is 0 Å². The molecule has 0 fully saturated rings. The fourth-order valence-corrected chi connectivity index (χ4v) is 6.93. The Kier molecular flexibility index (Phi) is 33.0. The molecule has 2 atom stereocenters. The van der Waals surface area contributed by atoms with Crippen LogP contribution in [0.4, 0.5) is 0 Å². The summed E-state index contributed by atoms with van der Waals surface area (Å²) >= 11 is 0. The second-order valence-corrected chi connectivity index (χ2v) is 15.1. The second kappa shape index (κ2) is 33.8. The lowest BCUT2D eigenvalue weighted by atomic mass is 9.74. The second-order valence-electron chi connectivity index (χ2n) is 15.1. The van der Waals surface area contributed by atoms with Crippen molar-refractivity contribution in [3.8, 4) is 0 Å². The molecule has 46 heavy (non-hydrogen) atoms. The van der Waals surface area contributed by atoms with Gasteiger partial charge >= 0.3 is 11.9 Å². The summed E-state index contributed by atoms with van der Waals surface area (Å²) in [4.78, 5) is 24.9. The molecule has 0 aromatic heterocycles. The highest BCUT2D eigenvalue weighted by Crippen LogP contribution is 2.33. The summed E-state index contributed by atoms with van der Waals surface area (Å²) in [7, 11) is 0. The normalized spacial score (nSPS) is 13.0. The van der Waals surface area contributed by atoms with Crippen molar-refractivity contribution in [3.05, 3.63) is 0 Å². The molecule has 0 saturated carbocycles. The van der Waals surface area contributed by atoms with Crippen LogP contribution in [0.2, 0.25) is 0 Å². The minimum atomic E-state index is 0.00372. The molecule has 0 aliphatic carbocycles. The number of rotatable bonds is 35. The van der Waals surface area contributed by atoms with Gasteiger partial charge in [-0.25, -0.2) is 0 Å². The molecule has 0 aliphatic heterocycles. The van der Waals surface area contributed by atoms with Crippen molar-refractivity contribution >= 4 is 11.9 Å². The summed E-state index contributed by atoms with van der Waals surface area (Å²) in [6.07, 6.45) is 34.5. The zero-order chi connectivity index (χ0) is 34.1. The minimum Gasteiger partial charge on any atom is -0.466 e. The van der Waals surface area contributed by atoms with Gasteiger partial charge in [0.25, 0.3) is 0 Å². The van der Waals surface area contributed by atoms with E-state index in [9.17, 15) is 9.59 Å². The number of ether oxygens (including phenoxy) is 2. The van der Waals surface area contributed by atoms with E-state index < -0.39 is 0 Å². The van der Waals surface area contributed by atoms with Gasteiger partial charge in [0.2, 0.25) is 0 Å². The van der Waals surface area contributed by atoms with Crippen LogP contribution in [-0.4, -0.2) is 25.2 Å². The first-order valence-corrected chi connectivity index (χ1v) is 20.7. The van der Waals surface area contributed by atoms with E-state index >= 15 is 0 Å². The molecule has 0 N–H and O–H groups in total. The zero-order valence-electron chi connectivity index (χ0n) is 32.2. The van der Waals surface area contributed by atoms with E-state index in [0.717, 1.165) is 32.1 Å². The predicted octanol–water partition coefficient (Wildman–Crippen LogP) is 13.6. The van der Waals surface area contributed by atoms with Crippen molar-refractivity contribution in [3.63, 3.8) is 0 Å². The van der Waals surface area contributed by atoms with Gasteiger partial charge in [-0.2, -0.15) is 0 Å². The first kappa shape index (κ1) is 44.9. The van der Waals surface area contributed by atoms with Crippen LogP contribution in [0.5, 0.6) is 0 Å². The molecule has 0 spiro atoms. The third-order valence-electron chi connectivity index (χ3n) is 9.98. The van der Waals surface area contributed by atoms with E-state index in [1.165, 1.54) is 141 Å². The molecule has 4 heteroatoms. The lowest BCUT2D eigenvalue weighted by Crippen LogP contribution is -2.33. The number of esters is 2. The van der Waals surface area contributed by atoms with Crippen molar-refractivity contribution in [2.24, 2.45) is 23.7 Å². The molecule has 0 amide bonds. The highest BCUT2D eigenvalue weighted by molar-refractivity contribution is 5.73. The smallest absolute Gasteiger partial charge is 0.309 e. The third kappa shape index (κ3) is 28.0. The molecule has 0 aromatic carbocycles. The monoisotopic (exact) mass is 651 g/mol. The van der Waals surface area contributed by atoms with Gasteiger partial charge in [0.1, 0.15) is 0 Å². The highest BCUT2D eigenvalue weighted by Gasteiger charge is 2.33. The van der Waals surface area contributed by atoms with Gasteiger partial charge < -0.3 is 9.47 Å². The molecule has 0 bridgehead atoms. The maximum atomic E-state index is 13.1. The standard InChI is InChI=1S/C42H82O4/c1-7-9-11-13-27-31-35-45-40(43)34-30-26-24-22-20-18-16-15-17-19-21-23-25-29-33-39(37(3)4)41(38(5)6)42(44)46-36-32-28-14-12-10-8-2/h37-39,41H,7-36H2,1-6H3. The molecule has 4 nitrogen and oxygen atoms in total. The lowest BCUT2D eigenvalue weighted by molar-refractivity contribution is -0.153. The maximum Gasteiger partial charge on any atom is 0.309 e. The molecular weight excluding hydrogens is 568 g/mol. The maximum absolute atomic E-state index is 13.1. The number of unbranched alkanes of at least 4 members (excludes halogenated alkanes) is 23. The van der Waals surface area contributed by atoms with Crippen molar-refractivity contribution in [1.29, 1.82) is 0 Å². The van der Waals surface area contributed by atoms with Crippen LogP contribution in [0.3, 0.4) is 0 Å². The Morgan fingerprint density at radius 3 is 1.22 bits per heavy atom. The molecule has 0 aliphatic rings. The number of carbonyl (C=O) groups excluding carboxylic acids is 2. The first-order chi connectivity index (χ1) is 22.3. The van der Waals surface area contributed by atoms with Gasteiger partial charge in [0.15, 0.2) is 0 Å². The van der Waals surface area contributed by atoms with E-state index in [2.05, 4.69) is 41.5 Å². The van der Waals surface area contributed by atoms with Crippen LogP contribution in [-0.2, 0) is 19.1 Å². The molecular formula is C42H82O4. The summed E-state index contributed by atoms with van der Waals surface area (Å²) in [6.45, 7) is 14.7. The zero-order valence-corrected chi connectivity index (χ0v) is 32.2. The third-order valence-corrected chi connectivity index (χ3v) is 9.98. The van der Waals surface area contributed by atoms with Gasteiger partial charge in [-0.15, -0.1) is 0 Å². The average molecular weight is 651 g/mol. The molecule has 0 rings (SSSR count). The SMILES string of the molecule is CCCCCCCCOC(=O)CCCCCCCCCCCCCCCCC(C(C)C)C(C(=O)OCCCCCCCC)C(C)C. The first-order valence-electron chi connectivity index (χ1n) is 20.7. The van der Waals surface area contributed by atoms with Gasteiger partial charge in [-0.05, 0) is 43.4 Å². The van der Waals surface area contributed by atoms with Crippen LogP contribution in [0.1, 0.15) is 221 Å². The predicted molar refractivity (Wildman–Crippen MR) is 199 cm³/mol. The Balaban J connectivity index is 3.74. The molecule has 2 unspecified atom stereocenters. The van der Waals surface area contributed by atoms with E-state index in [-0.39, 0.29) is 17.9 Å². The average Bonchev–Trinajstić information content (AvgIpc) is 3.02. The van der Waals surface area contributed by atoms with Gasteiger partial charge in [-0.1, -0.05) is 189 Å². The van der Waals surface area contributed by atoms with Gasteiger partial charge in [-0.3, -0.25) is 9.59 Å². The Labute approximate surface area is 288 Å². The number of carbonyl (C=O) groups is 2. The minimum absolute atomic E-state index is 0.00372. The van der Waals surface area contributed by atoms with Gasteiger partial charge in [0, 0.05) is 6.42 Å².